The average molecular weight is 324 g/mol. The molecule has 0 radical (unpaired) electrons. The van der Waals surface area contributed by atoms with Gasteiger partial charge in [0, 0.05) is 19.2 Å². The van der Waals surface area contributed by atoms with Crippen LogP contribution in [0.15, 0.2) is 15.8 Å². The van der Waals surface area contributed by atoms with E-state index in [0.29, 0.717) is 15.3 Å². The normalized spacial score (nSPS) is 25.6. The Morgan fingerprint density at radius 2 is 2.05 bits per heavy atom. The van der Waals surface area contributed by atoms with Gasteiger partial charge in [-0.05, 0) is 6.92 Å². The molecule has 0 bridgehead atoms. The number of hydrogen-bond acceptors (Lipinski definition) is 5. The first-order valence-electron chi connectivity index (χ1n) is 6.58. The number of nitrogens with zero attached hydrogens (tertiary/aromatic N) is 2. The molecule has 7 nitrogen and oxygen atoms in total. The van der Waals surface area contributed by atoms with E-state index in [1.165, 1.54) is 6.92 Å². The molecule has 0 aromatic carbocycles. The lowest BCUT2D eigenvalue weighted by atomic mass is 10.2. The zero-order valence-corrected chi connectivity index (χ0v) is 11.6. The van der Waals surface area contributed by atoms with Crippen molar-refractivity contribution in [2.75, 3.05) is 6.61 Å². The lowest BCUT2D eigenvalue weighted by Crippen LogP contribution is -2.44. The van der Waals surface area contributed by atoms with E-state index in [9.17, 15) is 27.9 Å². The van der Waals surface area contributed by atoms with Gasteiger partial charge in [-0.1, -0.05) is 0 Å². The van der Waals surface area contributed by atoms with Gasteiger partial charge in [-0.3, -0.25) is 13.9 Å². The van der Waals surface area contributed by atoms with E-state index in [4.69, 9.17) is 9.84 Å². The minimum atomic E-state index is -4.92. The van der Waals surface area contributed by atoms with Crippen LogP contribution < -0.4 is 11.2 Å². The topological polar surface area (TPSA) is 93.7 Å². The van der Waals surface area contributed by atoms with Gasteiger partial charge in [-0.15, -0.1) is 0 Å². The molecule has 1 fully saturated rings. The van der Waals surface area contributed by atoms with E-state index in [-0.39, 0.29) is 13.0 Å². The first kappa shape index (κ1) is 16.7. The molecule has 2 N–H and O–H groups in total. The molecule has 1 unspecified atom stereocenters. The highest BCUT2D eigenvalue weighted by molar-refractivity contribution is 5.11. The maximum Gasteiger partial charge on any atom is 0.423 e. The molecule has 1 aliphatic rings. The Morgan fingerprint density at radius 1 is 1.41 bits per heavy atom. The molecule has 124 valence electrons. The van der Waals surface area contributed by atoms with Crippen molar-refractivity contribution < 1.29 is 28.1 Å². The van der Waals surface area contributed by atoms with E-state index in [1.54, 1.807) is 0 Å². The fourth-order valence-electron chi connectivity index (χ4n) is 2.35. The zero-order chi connectivity index (χ0) is 16.7. The second kappa shape index (κ2) is 5.86. The van der Waals surface area contributed by atoms with Crippen LogP contribution in [0.4, 0.5) is 13.2 Å². The summed E-state index contributed by atoms with van der Waals surface area (Å²) in [7, 11) is 0. The molecule has 1 aromatic heterocycles. The summed E-state index contributed by atoms with van der Waals surface area (Å²) in [5.41, 5.74) is -3.87. The highest BCUT2D eigenvalue weighted by Gasteiger charge is 2.39. The summed E-state index contributed by atoms with van der Waals surface area (Å²) >= 11 is 0. The van der Waals surface area contributed by atoms with Gasteiger partial charge in [0.05, 0.1) is 12.7 Å². The summed E-state index contributed by atoms with van der Waals surface area (Å²) in [6.45, 7) is 0.598. The number of ether oxygens (including phenoxy) is 1. The van der Waals surface area contributed by atoms with Crippen LogP contribution in [0.3, 0.4) is 0 Å². The Morgan fingerprint density at radius 3 is 2.50 bits per heavy atom. The molecule has 2 rings (SSSR count). The third kappa shape index (κ3) is 2.81. The summed E-state index contributed by atoms with van der Waals surface area (Å²) in [4.78, 5) is 23.8. The maximum atomic E-state index is 12.9. The van der Waals surface area contributed by atoms with Crippen LogP contribution >= 0.6 is 0 Å². The molecule has 0 saturated carbocycles. The van der Waals surface area contributed by atoms with Crippen molar-refractivity contribution in [1.82, 2.24) is 9.13 Å². The number of aromatic nitrogens is 2. The summed E-state index contributed by atoms with van der Waals surface area (Å²) in [6, 6.07) is 0. The van der Waals surface area contributed by atoms with Crippen LogP contribution in [-0.2, 0) is 17.5 Å². The predicted molar refractivity (Wildman–Crippen MR) is 67.3 cm³/mol. The van der Waals surface area contributed by atoms with Gasteiger partial charge in [0.25, 0.3) is 5.56 Å². The summed E-state index contributed by atoms with van der Waals surface area (Å²) in [6.07, 6.45) is -7.97. The molecule has 22 heavy (non-hydrogen) atoms. The van der Waals surface area contributed by atoms with E-state index in [0.717, 1.165) is 0 Å². The van der Waals surface area contributed by atoms with Crippen LogP contribution in [0.5, 0.6) is 0 Å². The molecule has 0 spiro atoms. The highest BCUT2D eigenvalue weighted by Crippen LogP contribution is 2.30. The van der Waals surface area contributed by atoms with Crippen molar-refractivity contribution in [3.63, 3.8) is 0 Å². The minimum Gasteiger partial charge on any atom is -0.394 e. The van der Waals surface area contributed by atoms with Gasteiger partial charge in [0.2, 0.25) is 0 Å². The predicted octanol–water partition coefficient (Wildman–Crippen LogP) is -0.311. The Kier molecular flexibility index (Phi) is 4.45. The lowest BCUT2D eigenvalue weighted by Gasteiger charge is -2.18. The van der Waals surface area contributed by atoms with Gasteiger partial charge in [-0.2, -0.15) is 13.2 Å². The number of hydrogen-bond donors (Lipinski definition) is 2. The highest BCUT2D eigenvalue weighted by atomic mass is 19.4. The van der Waals surface area contributed by atoms with Crippen LogP contribution in [0.1, 0.15) is 25.1 Å². The van der Waals surface area contributed by atoms with E-state index >= 15 is 0 Å². The number of aliphatic hydroxyl groups excluding tert-OH is 2. The average Bonchev–Trinajstić information content (AvgIpc) is 2.79. The number of rotatable bonds is 3. The molecular formula is C12H15F3N2O5. The number of alkyl halides is 3. The Labute approximate surface area is 122 Å². The van der Waals surface area contributed by atoms with Crippen molar-refractivity contribution in [1.29, 1.82) is 0 Å². The van der Waals surface area contributed by atoms with Gasteiger partial charge in [0.1, 0.15) is 17.9 Å². The van der Waals surface area contributed by atoms with Crippen LogP contribution in [0, 0.1) is 0 Å². The smallest absolute Gasteiger partial charge is 0.394 e. The molecule has 2 heterocycles. The van der Waals surface area contributed by atoms with E-state index < -0.39 is 48.0 Å². The number of halogens is 3. The van der Waals surface area contributed by atoms with Crippen molar-refractivity contribution in [3.05, 3.63) is 32.6 Å². The zero-order valence-electron chi connectivity index (χ0n) is 11.6. The monoisotopic (exact) mass is 324 g/mol. The molecular weight excluding hydrogens is 309 g/mol. The second-order valence-electron chi connectivity index (χ2n) is 4.89. The Balaban J connectivity index is 2.58. The van der Waals surface area contributed by atoms with Gasteiger partial charge in [0.15, 0.2) is 0 Å². The largest absolute Gasteiger partial charge is 0.423 e. The standard InChI is InChI=1S/C12H15F3N2O5/c1-2-16-10(20)6(12(13,14)15)4-17(11(16)21)9-3-7(19)8(5-18)22-9/h4,7-9,18-19H,2-3,5H2,1H3/t7?,8-,9-/m0/s1. The minimum absolute atomic E-state index is 0.162. The molecule has 1 saturated heterocycles. The quantitative estimate of drug-likeness (QED) is 0.795. The third-order valence-electron chi connectivity index (χ3n) is 3.51. The first-order valence-corrected chi connectivity index (χ1v) is 6.58. The van der Waals surface area contributed by atoms with Crippen molar-refractivity contribution in [2.45, 2.75) is 44.5 Å². The summed E-state index contributed by atoms with van der Waals surface area (Å²) in [5.74, 6) is 0. The first-order chi connectivity index (χ1) is 10.2. The van der Waals surface area contributed by atoms with Crippen molar-refractivity contribution in [3.8, 4) is 0 Å². The SMILES string of the molecule is CCn1c(=O)c(C(F)(F)F)cn([C@@H]2CC(O)[C@H](CO)O2)c1=O. The van der Waals surface area contributed by atoms with Gasteiger partial charge < -0.3 is 14.9 Å². The van der Waals surface area contributed by atoms with E-state index in [1.807, 2.05) is 0 Å². The second-order valence-corrected chi connectivity index (χ2v) is 4.89. The van der Waals surface area contributed by atoms with Crippen LogP contribution in [-0.4, -0.2) is 38.2 Å². The molecule has 1 aromatic rings. The van der Waals surface area contributed by atoms with Crippen molar-refractivity contribution >= 4 is 0 Å². The van der Waals surface area contributed by atoms with Crippen molar-refractivity contribution in [2.24, 2.45) is 0 Å². The fourth-order valence-corrected chi connectivity index (χ4v) is 2.35. The van der Waals surface area contributed by atoms with Gasteiger partial charge in [-0.25, -0.2) is 4.79 Å². The van der Waals surface area contributed by atoms with Crippen LogP contribution in [0.2, 0.25) is 0 Å². The third-order valence-corrected chi connectivity index (χ3v) is 3.51. The summed E-state index contributed by atoms with van der Waals surface area (Å²) in [5, 5.41) is 18.6. The molecule has 0 aliphatic carbocycles. The Hall–Kier alpha value is -1.65. The fraction of sp³-hybridized carbons (Fsp3) is 0.667. The Bertz CT molecular complexity index is 666. The van der Waals surface area contributed by atoms with Crippen LogP contribution in [0.25, 0.3) is 0 Å². The molecule has 10 heteroatoms. The molecule has 0 amide bonds. The van der Waals surface area contributed by atoms with Gasteiger partial charge >= 0.3 is 11.9 Å². The maximum absolute atomic E-state index is 12.9. The van der Waals surface area contributed by atoms with E-state index in [2.05, 4.69) is 0 Å². The number of aliphatic hydroxyl groups is 2. The molecule has 1 aliphatic heterocycles. The lowest BCUT2D eigenvalue weighted by molar-refractivity contribution is -0.140. The molecule has 3 atom stereocenters. The summed E-state index contributed by atoms with van der Waals surface area (Å²) < 4.78 is 45.0.